The second kappa shape index (κ2) is 10.6. The Kier molecular flexibility index (Phi) is 9.99. The van der Waals surface area contributed by atoms with Crippen molar-refractivity contribution in [3.8, 4) is 0 Å². The number of carbonyl (C=O) groups is 2. The molecule has 4 unspecified atom stereocenters. The average molecular weight is 370 g/mol. The number of rotatable bonds is 12. The molecule has 0 rings (SSSR count). The molecule has 0 aromatic carbocycles. The van der Waals surface area contributed by atoms with Gasteiger partial charge in [-0.25, -0.2) is 4.79 Å². The number of nitrogens with zero attached hydrogens (tertiary/aromatic N) is 2. The quantitative estimate of drug-likeness (QED) is 0.153. The van der Waals surface area contributed by atoms with Crippen LogP contribution in [-0.2, 0) is 9.59 Å². The third-order valence-corrected chi connectivity index (χ3v) is 3.77. The first-order valence-electron chi connectivity index (χ1n) is 7.36. The van der Waals surface area contributed by atoms with Crippen molar-refractivity contribution >= 4 is 11.9 Å². The Morgan fingerprint density at radius 2 is 1.28 bits per heavy atom. The minimum Gasteiger partial charge on any atom is -0.480 e. The lowest BCUT2D eigenvalue weighted by atomic mass is 10.1. The zero-order valence-corrected chi connectivity index (χ0v) is 13.9. The maximum atomic E-state index is 11.1. The van der Waals surface area contributed by atoms with Gasteiger partial charge < -0.3 is 40.9 Å². The predicted molar refractivity (Wildman–Crippen MR) is 81.2 cm³/mol. The lowest BCUT2D eigenvalue weighted by Gasteiger charge is -2.34. The number of carboxylic acid groups (broad SMARTS) is 2. The van der Waals surface area contributed by atoms with Crippen LogP contribution >= 0.6 is 0 Å². The summed E-state index contributed by atoms with van der Waals surface area (Å²) in [6.45, 7) is 0.101. The first-order valence-corrected chi connectivity index (χ1v) is 7.36. The summed E-state index contributed by atoms with van der Waals surface area (Å²) in [5.41, 5.74) is 0. The number of hydrogen-bond donors (Lipinski definition) is 8. The van der Waals surface area contributed by atoms with Crippen molar-refractivity contribution in [3.63, 3.8) is 0 Å². The Balaban J connectivity index is 4.75. The molecule has 4 atom stereocenters. The van der Waals surface area contributed by atoms with Gasteiger partial charge in [-0.3, -0.25) is 14.6 Å². The van der Waals surface area contributed by atoms with Crippen LogP contribution in [0.1, 0.15) is 6.42 Å². The Hall–Kier alpha value is -1.38. The predicted octanol–water partition coefficient (Wildman–Crippen LogP) is -4.51. The van der Waals surface area contributed by atoms with E-state index in [9.17, 15) is 30.0 Å². The Bertz CT molecular complexity index is 433. The van der Waals surface area contributed by atoms with E-state index in [0.29, 0.717) is 0 Å². The minimum absolute atomic E-state index is 0.0255. The molecule has 0 fully saturated rings. The zero-order valence-electron chi connectivity index (χ0n) is 13.9. The largest absolute Gasteiger partial charge is 0.480 e. The van der Waals surface area contributed by atoms with E-state index >= 15 is 0 Å². The Morgan fingerprint density at radius 3 is 1.64 bits per heavy atom. The minimum atomic E-state index is -2.20. The van der Waals surface area contributed by atoms with Crippen molar-refractivity contribution in [2.75, 3.05) is 27.2 Å². The molecule has 0 saturated heterocycles. The molecule has 12 nitrogen and oxygen atoms in total. The standard InChI is InChI=1S/C13H26N2O10/c1-14(6(10(18)19)8(16)12(22)23)4-3-5-15(2)7(11(20)21)9(17)13(24)25/h6-10,12,16-19,22-23H,3-5H2,1-2H3,(H,20,21)(H,24,25). The normalized spacial score (nSPS) is 17.1. The fraction of sp³-hybridized carbons (Fsp3) is 0.846. The maximum absolute atomic E-state index is 11.1. The van der Waals surface area contributed by atoms with Gasteiger partial charge in [0.25, 0.3) is 0 Å². The summed E-state index contributed by atoms with van der Waals surface area (Å²) in [4.78, 5) is 24.2. The topological polar surface area (TPSA) is 202 Å². The summed E-state index contributed by atoms with van der Waals surface area (Å²) in [5, 5.41) is 73.2. The number of likely N-dealkylation sites (N-methyl/N-ethyl adjacent to an activating group) is 2. The van der Waals surface area contributed by atoms with Crippen molar-refractivity contribution in [2.45, 2.75) is 43.3 Å². The molecular formula is C13H26N2O10. The third-order valence-electron chi connectivity index (χ3n) is 3.77. The number of aliphatic hydroxyl groups excluding tert-OH is 4. The molecule has 0 spiro atoms. The van der Waals surface area contributed by atoms with Gasteiger partial charge in [0.15, 0.2) is 18.7 Å². The van der Waals surface area contributed by atoms with Crippen molar-refractivity contribution in [3.05, 3.63) is 0 Å². The molecule has 25 heavy (non-hydrogen) atoms. The average Bonchev–Trinajstić information content (AvgIpc) is 2.46. The molecule has 0 aliphatic rings. The summed E-state index contributed by atoms with van der Waals surface area (Å²) in [6.07, 6.45) is -8.05. The van der Waals surface area contributed by atoms with Gasteiger partial charge in [-0.2, -0.15) is 0 Å². The van der Waals surface area contributed by atoms with Crippen molar-refractivity contribution in [1.82, 2.24) is 9.80 Å². The second-order valence-electron chi connectivity index (χ2n) is 5.69. The van der Waals surface area contributed by atoms with Crippen molar-refractivity contribution in [2.24, 2.45) is 0 Å². The molecule has 8 N–H and O–H groups in total. The van der Waals surface area contributed by atoms with Crippen LogP contribution in [0.3, 0.4) is 0 Å². The molecule has 12 heteroatoms. The van der Waals surface area contributed by atoms with Crippen LogP contribution in [0.2, 0.25) is 0 Å². The summed E-state index contributed by atoms with van der Waals surface area (Å²) >= 11 is 0. The van der Waals surface area contributed by atoms with E-state index in [0.717, 1.165) is 4.90 Å². The van der Waals surface area contributed by atoms with Gasteiger partial charge in [0.1, 0.15) is 12.1 Å². The van der Waals surface area contributed by atoms with E-state index < -0.39 is 48.8 Å². The molecule has 0 heterocycles. The number of aliphatic hydroxyl groups is 6. The molecule has 0 aliphatic carbocycles. The van der Waals surface area contributed by atoms with Crippen LogP contribution in [0, 0.1) is 0 Å². The molecular weight excluding hydrogens is 344 g/mol. The van der Waals surface area contributed by atoms with Crippen LogP contribution in [0.5, 0.6) is 0 Å². The summed E-state index contributed by atoms with van der Waals surface area (Å²) in [5.74, 6) is -3.20. The van der Waals surface area contributed by atoms with Gasteiger partial charge in [0, 0.05) is 6.54 Å². The molecule has 148 valence electrons. The van der Waals surface area contributed by atoms with Gasteiger partial charge in [-0.1, -0.05) is 0 Å². The van der Waals surface area contributed by atoms with E-state index in [1.54, 1.807) is 0 Å². The summed E-state index contributed by atoms with van der Waals surface area (Å²) in [7, 11) is 2.67. The van der Waals surface area contributed by atoms with Gasteiger partial charge in [-0.15, -0.1) is 0 Å². The van der Waals surface area contributed by atoms with E-state index in [1.165, 1.54) is 19.0 Å². The fourth-order valence-electron chi connectivity index (χ4n) is 2.40. The van der Waals surface area contributed by atoms with Crippen LogP contribution in [-0.4, -0.2) is 127 Å². The highest BCUT2D eigenvalue weighted by Gasteiger charge is 2.36. The highest BCUT2D eigenvalue weighted by molar-refractivity contribution is 5.84. The highest BCUT2D eigenvalue weighted by atomic mass is 16.5. The monoisotopic (exact) mass is 370 g/mol. The maximum Gasteiger partial charge on any atom is 0.334 e. The fourth-order valence-corrected chi connectivity index (χ4v) is 2.40. The summed E-state index contributed by atoms with van der Waals surface area (Å²) in [6, 6.07) is -3.09. The lowest BCUT2D eigenvalue weighted by molar-refractivity contribution is -0.193. The Labute approximate surface area is 143 Å². The highest BCUT2D eigenvalue weighted by Crippen LogP contribution is 2.11. The smallest absolute Gasteiger partial charge is 0.334 e. The molecule has 0 aromatic rings. The van der Waals surface area contributed by atoms with Crippen LogP contribution in [0.4, 0.5) is 0 Å². The van der Waals surface area contributed by atoms with Crippen molar-refractivity contribution in [1.29, 1.82) is 0 Å². The molecule has 0 aromatic heterocycles. The summed E-state index contributed by atoms with van der Waals surface area (Å²) < 4.78 is 0. The van der Waals surface area contributed by atoms with Gasteiger partial charge in [-0.05, 0) is 27.1 Å². The van der Waals surface area contributed by atoms with Crippen LogP contribution in [0.25, 0.3) is 0 Å². The SMILES string of the molecule is CN(CCCN(C)C(C(O)O)C(O)C(O)O)C(C(=O)O)C(O)C(=O)O. The molecule has 0 aliphatic heterocycles. The molecule has 0 saturated carbocycles. The number of aliphatic carboxylic acids is 2. The van der Waals surface area contributed by atoms with E-state index in [-0.39, 0.29) is 19.5 Å². The van der Waals surface area contributed by atoms with Crippen LogP contribution in [0.15, 0.2) is 0 Å². The van der Waals surface area contributed by atoms with E-state index in [4.69, 9.17) is 20.4 Å². The zero-order chi connectivity index (χ0) is 19.9. The van der Waals surface area contributed by atoms with E-state index in [1.807, 2.05) is 0 Å². The van der Waals surface area contributed by atoms with Gasteiger partial charge in [0.05, 0.1) is 6.04 Å². The first-order chi connectivity index (χ1) is 11.4. The number of hydrogen-bond acceptors (Lipinski definition) is 10. The third kappa shape index (κ3) is 7.17. The molecule has 0 radical (unpaired) electrons. The van der Waals surface area contributed by atoms with Crippen LogP contribution < -0.4 is 0 Å². The first kappa shape index (κ1) is 23.6. The molecule has 0 bridgehead atoms. The van der Waals surface area contributed by atoms with E-state index in [2.05, 4.69) is 0 Å². The lowest BCUT2D eigenvalue weighted by Crippen LogP contribution is -2.54. The van der Waals surface area contributed by atoms with Crippen molar-refractivity contribution < 1.29 is 50.4 Å². The molecule has 0 amide bonds. The van der Waals surface area contributed by atoms with Gasteiger partial charge >= 0.3 is 11.9 Å². The second-order valence-corrected chi connectivity index (χ2v) is 5.69. The Morgan fingerprint density at radius 1 is 0.800 bits per heavy atom. The number of carboxylic acids is 2. The van der Waals surface area contributed by atoms with Gasteiger partial charge in [0.2, 0.25) is 0 Å².